The largest absolute Gasteiger partial charge is 0.490 e. The first-order chi connectivity index (χ1) is 15.3. The number of aryl methyl sites for hydroxylation is 2. The number of hydrogen-bond acceptors (Lipinski definition) is 8. The van der Waals surface area contributed by atoms with Gasteiger partial charge in [-0.3, -0.25) is 0 Å². The molecule has 1 unspecified atom stereocenters. The molecule has 0 saturated heterocycles. The zero-order valence-electron chi connectivity index (χ0n) is 19.3. The average Bonchev–Trinajstić information content (AvgIpc) is 3.27. The number of benzene rings is 1. The number of aliphatic hydroxyl groups is 2. The molecule has 0 bridgehead atoms. The van der Waals surface area contributed by atoms with E-state index in [0.29, 0.717) is 29.3 Å². The van der Waals surface area contributed by atoms with Gasteiger partial charge in [0, 0.05) is 22.9 Å². The van der Waals surface area contributed by atoms with Crippen LogP contribution in [0.3, 0.4) is 0 Å². The van der Waals surface area contributed by atoms with E-state index in [1.807, 2.05) is 32.0 Å². The summed E-state index contributed by atoms with van der Waals surface area (Å²) in [6, 6.07) is 7.62. The van der Waals surface area contributed by atoms with Crippen LogP contribution in [-0.2, 0) is 12.8 Å². The fourth-order valence-electron chi connectivity index (χ4n) is 3.45. The molecule has 8 heteroatoms. The molecule has 32 heavy (non-hydrogen) atoms. The second-order valence-electron chi connectivity index (χ2n) is 8.19. The molecule has 0 amide bonds. The van der Waals surface area contributed by atoms with Crippen LogP contribution in [0, 0.1) is 12.8 Å². The summed E-state index contributed by atoms with van der Waals surface area (Å²) in [7, 11) is 1.59. The predicted octanol–water partition coefficient (Wildman–Crippen LogP) is 3.61. The van der Waals surface area contributed by atoms with Crippen molar-refractivity contribution in [2.24, 2.45) is 5.92 Å². The summed E-state index contributed by atoms with van der Waals surface area (Å²) in [5.74, 6) is 2.53. The maximum absolute atomic E-state index is 9.60. The quantitative estimate of drug-likeness (QED) is 0.491. The Kier molecular flexibility index (Phi) is 7.82. The van der Waals surface area contributed by atoms with Gasteiger partial charge in [-0.1, -0.05) is 25.9 Å². The Balaban J connectivity index is 1.92. The Labute approximate surface area is 188 Å². The van der Waals surface area contributed by atoms with Crippen molar-refractivity contribution in [2.75, 3.05) is 20.3 Å². The second-order valence-corrected chi connectivity index (χ2v) is 8.19. The minimum Gasteiger partial charge on any atom is -0.490 e. The molecule has 2 aromatic heterocycles. The predicted molar refractivity (Wildman–Crippen MR) is 121 cm³/mol. The van der Waals surface area contributed by atoms with Gasteiger partial charge in [-0.25, -0.2) is 4.98 Å². The summed E-state index contributed by atoms with van der Waals surface area (Å²) >= 11 is 0. The fourth-order valence-corrected chi connectivity index (χ4v) is 3.45. The van der Waals surface area contributed by atoms with E-state index in [1.54, 1.807) is 13.2 Å². The highest BCUT2D eigenvalue weighted by Gasteiger charge is 2.17. The Morgan fingerprint density at radius 1 is 1.09 bits per heavy atom. The molecule has 3 rings (SSSR count). The topological polar surface area (TPSA) is 111 Å². The summed E-state index contributed by atoms with van der Waals surface area (Å²) in [6.45, 7) is 7.90. The van der Waals surface area contributed by atoms with E-state index in [-0.39, 0.29) is 13.2 Å². The van der Waals surface area contributed by atoms with Gasteiger partial charge in [0.2, 0.25) is 11.7 Å². The molecule has 0 aliphatic heterocycles. The third-order valence-electron chi connectivity index (χ3n) is 4.98. The Bertz CT molecular complexity index is 1050. The molecule has 0 aliphatic carbocycles. The number of nitrogens with zero attached hydrogens (tertiary/aromatic N) is 3. The molecule has 2 heterocycles. The van der Waals surface area contributed by atoms with Gasteiger partial charge in [-0.2, -0.15) is 4.98 Å². The molecule has 172 valence electrons. The minimum absolute atomic E-state index is 0.0264. The number of ether oxygens (including phenoxy) is 2. The third-order valence-corrected chi connectivity index (χ3v) is 4.98. The van der Waals surface area contributed by atoms with E-state index >= 15 is 0 Å². The van der Waals surface area contributed by atoms with E-state index < -0.39 is 6.10 Å². The third kappa shape index (κ3) is 5.63. The highest BCUT2D eigenvalue weighted by atomic mass is 16.5. The zero-order valence-corrected chi connectivity index (χ0v) is 19.3. The van der Waals surface area contributed by atoms with Crippen molar-refractivity contribution in [2.45, 2.75) is 46.6 Å². The van der Waals surface area contributed by atoms with Gasteiger partial charge >= 0.3 is 0 Å². The molecule has 0 aliphatic rings. The van der Waals surface area contributed by atoms with Gasteiger partial charge in [-0.05, 0) is 55.0 Å². The number of methoxy groups -OCH3 is 1. The number of hydrogen-bond donors (Lipinski definition) is 2. The summed E-state index contributed by atoms with van der Waals surface area (Å²) in [4.78, 5) is 9.11. The van der Waals surface area contributed by atoms with Crippen LogP contribution in [0.1, 0.15) is 37.6 Å². The van der Waals surface area contributed by atoms with Crippen molar-refractivity contribution in [1.29, 1.82) is 0 Å². The van der Waals surface area contributed by atoms with Crippen LogP contribution in [-0.4, -0.2) is 51.8 Å². The van der Waals surface area contributed by atoms with Crippen LogP contribution in [0.5, 0.6) is 11.6 Å². The molecular formula is C24H31N3O5. The van der Waals surface area contributed by atoms with Gasteiger partial charge in [0.05, 0.1) is 13.7 Å². The Morgan fingerprint density at radius 3 is 2.53 bits per heavy atom. The molecule has 1 atom stereocenters. The first-order valence-corrected chi connectivity index (χ1v) is 10.8. The van der Waals surface area contributed by atoms with Crippen molar-refractivity contribution in [3.8, 4) is 34.5 Å². The number of pyridine rings is 1. The normalized spacial score (nSPS) is 12.2. The summed E-state index contributed by atoms with van der Waals surface area (Å²) in [6.07, 6.45) is 0.622. The van der Waals surface area contributed by atoms with Crippen molar-refractivity contribution >= 4 is 0 Å². The van der Waals surface area contributed by atoms with Gasteiger partial charge in [-0.15, -0.1) is 0 Å². The van der Waals surface area contributed by atoms with Crippen LogP contribution >= 0.6 is 0 Å². The highest BCUT2D eigenvalue weighted by Crippen LogP contribution is 2.32. The molecule has 1 aromatic carbocycles. The number of aromatic nitrogens is 3. The fraction of sp³-hybridized carbons (Fsp3) is 0.458. The highest BCUT2D eigenvalue weighted by molar-refractivity contribution is 5.64. The van der Waals surface area contributed by atoms with Crippen LogP contribution in [0.15, 0.2) is 28.8 Å². The number of aliphatic hydroxyl groups excluding tert-OH is 2. The minimum atomic E-state index is -0.920. The van der Waals surface area contributed by atoms with Crippen LogP contribution in [0.2, 0.25) is 0 Å². The Morgan fingerprint density at radius 2 is 1.88 bits per heavy atom. The number of rotatable bonds is 10. The van der Waals surface area contributed by atoms with Gasteiger partial charge < -0.3 is 24.2 Å². The molecule has 0 fully saturated rings. The van der Waals surface area contributed by atoms with E-state index in [1.165, 1.54) is 0 Å². The zero-order chi connectivity index (χ0) is 23.3. The first kappa shape index (κ1) is 23.7. The molecule has 0 saturated carbocycles. The summed E-state index contributed by atoms with van der Waals surface area (Å²) in [5, 5.41) is 22.8. The van der Waals surface area contributed by atoms with Crippen LogP contribution in [0.25, 0.3) is 22.8 Å². The first-order valence-electron chi connectivity index (χ1n) is 10.8. The average molecular weight is 442 g/mol. The van der Waals surface area contributed by atoms with Crippen molar-refractivity contribution in [3.05, 3.63) is 41.1 Å². The SMILES string of the molecule is CCc1cc(-c2noc(-c3cc(CC(C)C)nc(OC)c3)n2)cc(C)c1OCC(O)CO. The molecule has 0 radical (unpaired) electrons. The maximum atomic E-state index is 9.60. The standard InChI is InChI=1S/C24H31N3O5/c1-6-16-9-17(8-15(4)22(16)31-13-20(29)12-28)23-26-24(32-27-23)18-10-19(7-14(2)3)25-21(11-18)30-5/h8-11,14,20,28-29H,6-7,12-13H2,1-5H3. The smallest absolute Gasteiger partial charge is 0.258 e. The van der Waals surface area contributed by atoms with Crippen molar-refractivity contribution in [1.82, 2.24) is 15.1 Å². The molecule has 2 N–H and O–H groups in total. The summed E-state index contributed by atoms with van der Waals surface area (Å²) < 4.78 is 16.7. The lowest BCUT2D eigenvalue weighted by atomic mass is 10.0. The van der Waals surface area contributed by atoms with Crippen LogP contribution < -0.4 is 9.47 Å². The molecule has 8 nitrogen and oxygen atoms in total. The maximum Gasteiger partial charge on any atom is 0.258 e. The van der Waals surface area contributed by atoms with Crippen LogP contribution in [0.4, 0.5) is 0 Å². The van der Waals surface area contributed by atoms with Crippen molar-refractivity contribution < 1.29 is 24.2 Å². The van der Waals surface area contributed by atoms with E-state index in [2.05, 4.69) is 29.0 Å². The summed E-state index contributed by atoms with van der Waals surface area (Å²) in [5.41, 5.74) is 4.33. The lowest BCUT2D eigenvalue weighted by Gasteiger charge is -2.16. The molecular weight excluding hydrogens is 410 g/mol. The van der Waals surface area contributed by atoms with Gasteiger partial charge in [0.1, 0.15) is 18.5 Å². The van der Waals surface area contributed by atoms with Crippen molar-refractivity contribution in [3.63, 3.8) is 0 Å². The van der Waals surface area contributed by atoms with E-state index in [4.69, 9.17) is 19.1 Å². The second kappa shape index (κ2) is 10.6. The molecule has 3 aromatic rings. The monoisotopic (exact) mass is 441 g/mol. The molecule has 0 spiro atoms. The van der Waals surface area contributed by atoms with E-state index in [9.17, 15) is 5.11 Å². The lowest BCUT2D eigenvalue weighted by molar-refractivity contribution is 0.0531. The van der Waals surface area contributed by atoms with Gasteiger partial charge in [0.15, 0.2) is 0 Å². The Hall–Kier alpha value is -2.97. The van der Waals surface area contributed by atoms with Gasteiger partial charge in [0.25, 0.3) is 5.89 Å². The van der Waals surface area contributed by atoms with E-state index in [0.717, 1.165) is 40.8 Å². The lowest BCUT2D eigenvalue weighted by Crippen LogP contribution is -2.22.